The van der Waals surface area contributed by atoms with Crippen molar-refractivity contribution >= 4 is 6.01 Å². The van der Waals surface area contributed by atoms with Crippen LogP contribution in [0.15, 0.2) is 4.42 Å². The van der Waals surface area contributed by atoms with Crippen molar-refractivity contribution in [3.05, 3.63) is 17.5 Å². The predicted molar refractivity (Wildman–Crippen MR) is 64.0 cm³/mol. The summed E-state index contributed by atoms with van der Waals surface area (Å²) in [6.45, 7) is 3.55. The number of nitrogens with one attached hydrogen (secondary N) is 1. The van der Waals surface area contributed by atoms with Crippen LogP contribution in [0.25, 0.3) is 0 Å². The molecule has 0 amide bonds. The van der Waals surface area contributed by atoms with Crippen LogP contribution in [-0.4, -0.2) is 25.0 Å². The quantitative estimate of drug-likeness (QED) is 0.874. The zero-order chi connectivity index (χ0) is 12.4. The Labute approximate surface area is 105 Å². The van der Waals surface area contributed by atoms with Gasteiger partial charge in [0.25, 0.3) is 0 Å². The van der Waals surface area contributed by atoms with Gasteiger partial charge in [-0.15, -0.1) is 15.3 Å². The van der Waals surface area contributed by atoms with Crippen LogP contribution in [0, 0.1) is 0 Å². The Bertz CT molecular complexity index is 531. The van der Waals surface area contributed by atoms with E-state index in [-0.39, 0.29) is 0 Å². The summed E-state index contributed by atoms with van der Waals surface area (Å²) in [7, 11) is 0. The Hall–Kier alpha value is -1.92. The molecule has 0 unspecified atom stereocenters. The second-order valence-corrected chi connectivity index (χ2v) is 4.35. The maximum Gasteiger partial charge on any atom is 0.315 e. The monoisotopic (exact) mass is 248 g/mol. The maximum atomic E-state index is 5.38. The molecule has 2 aromatic rings. The van der Waals surface area contributed by atoms with Crippen LogP contribution in [0.3, 0.4) is 0 Å². The lowest BCUT2D eigenvalue weighted by molar-refractivity contribution is 0.499. The third-order valence-corrected chi connectivity index (χ3v) is 3.10. The van der Waals surface area contributed by atoms with Crippen molar-refractivity contribution in [1.29, 1.82) is 0 Å². The van der Waals surface area contributed by atoms with Crippen molar-refractivity contribution in [2.24, 2.45) is 0 Å². The van der Waals surface area contributed by atoms with Gasteiger partial charge in [0.05, 0.1) is 6.54 Å². The molecule has 96 valence electrons. The zero-order valence-corrected chi connectivity index (χ0v) is 10.4. The minimum atomic E-state index is 0.444. The van der Waals surface area contributed by atoms with Gasteiger partial charge in [-0.3, -0.25) is 0 Å². The Morgan fingerprint density at radius 1 is 1.22 bits per heavy atom. The van der Waals surface area contributed by atoms with E-state index in [1.807, 2.05) is 6.92 Å². The van der Waals surface area contributed by atoms with E-state index in [1.165, 1.54) is 12.8 Å². The highest BCUT2D eigenvalue weighted by atomic mass is 16.4. The number of anilines is 1. The molecule has 3 rings (SSSR count). The first-order valence-electron chi connectivity index (χ1n) is 6.34. The molecule has 0 aliphatic carbocycles. The summed E-state index contributed by atoms with van der Waals surface area (Å²) < 4.78 is 7.56. The van der Waals surface area contributed by atoms with Crippen LogP contribution in [0.2, 0.25) is 0 Å². The van der Waals surface area contributed by atoms with Crippen molar-refractivity contribution in [2.75, 3.05) is 5.32 Å². The molecule has 0 atom stereocenters. The molecule has 0 fully saturated rings. The first kappa shape index (κ1) is 11.2. The van der Waals surface area contributed by atoms with Gasteiger partial charge >= 0.3 is 6.01 Å². The van der Waals surface area contributed by atoms with Gasteiger partial charge in [0.15, 0.2) is 5.82 Å². The highest BCUT2D eigenvalue weighted by Crippen LogP contribution is 2.15. The van der Waals surface area contributed by atoms with Crippen LogP contribution >= 0.6 is 0 Å². The summed E-state index contributed by atoms with van der Waals surface area (Å²) >= 11 is 0. The number of nitrogens with zero attached hydrogens (tertiary/aromatic N) is 5. The Balaban J connectivity index is 1.67. The minimum absolute atomic E-state index is 0.444. The number of rotatable bonds is 4. The van der Waals surface area contributed by atoms with Gasteiger partial charge in [-0.25, -0.2) is 0 Å². The third kappa shape index (κ3) is 2.07. The molecule has 0 bridgehead atoms. The number of hydrogen-bond acceptors (Lipinski definition) is 6. The second-order valence-electron chi connectivity index (χ2n) is 4.35. The third-order valence-electron chi connectivity index (χ3n) is 3.10. The molecule has 1 aliphatic rings. The number of fused-ring (bicyclic) bond motifs is 1. The lowest BCUT2D eigenvalue weighted by atomic mass is 10.2. The van der Waals surface area contributed by atoms with E-state index in [2.05, 4.69) is 30.3 Å². The molecule has 7 heteroatoms. The first-order valence-corrected chi connectivity index (χ1v) is 6.34. The van der Waals surface area contributed by atoms with Gasteiger partial charge in [0.1, 0.15) is 5.82 Å². The predicted octanol–water partition coefficient (Wildman–Crippen LogP) is 1.17. The smallest absolute Gasteiger partial charge is 0.315 e. The fourth-order valence-corrected chi connectivity index (χ4v) is 2.12. The van der Waals surface area contributed by atoms with Crippen molar-refractivity contribution in [3.63, 3.8) is 0 Å². The summed E-state index contributed by atoms with van der Waals surface area (Å²) in [4.78, 5) is 0. The fourth-order valence-electron chi connectivity index (χ4n) is 2.12. The van der Waals surface area contributed by atoms with Gasteiger partial charge in [-0.05, 0) is 12.8 Å². The van der Waals surface area contributed by atoms with Gasteiger partial charge in [0.2, 0.25) is 5.89 Å². The molecule has 0 saturated heterocycles. The SMILES string of the molecule is CCc1nnc(NCc2nnc3n2CCCC3)o1. The molecule has 3 heterocycles. The maximum absolute atomic E-state index is 5.38. The van der Waals surface area contributed by atoms with E-state index < -0.39 is 0 Å². The van der Waals surface area contributed by atoms with Gasteiger partial charge in [-0.2, -0.15) is 0 Å². The molecule has 7 nitrogen and oxygen atoms in total. The summed E-state index contributed by atoms with van der Waals surface area (Å²) in [5.74, 6) is 2.65. The van der Waals surface area contributed by atoms with E-state index in [0.717, 1.165) is 31.0 Å². The van der Waals surface area contributed by atoms with Crippen LogP contribution in [-0.2, 0) is 25.9 Å². The molecule has 1 aliphatic heterocycles. The Kier molecular flexibility index (Phi) is 2.95. The van der Waals surface area contributed by atoms with Gasteiger partial charge in [-0.1, -0.05) is 12.0 Å². The fraction of sp³-hybridized carbons (Fsp3) is 0.636. The van der Waals surface area contributed by atoms with Gasteiger partial charge < -0.3 is 14.3 Å². The number of hydrogen-bond donors (Lipinski definition) is 1. The lowest BCUT2D eigenvalue weighted by Crippen LogP contribution is -2.15. The largest absolute Gasteiger partial charge is 0.408 e. The summed E-state index contributed by atoms with van der Waals surface area (Å²) in [6, 6.07) is 0.444. The van der Waals surface area contributed by atoms with Crippen molar-refractivity contribution in [1.82, 2.24) is 25.0 Å². The van der Waals surface area contributed by atoms with Crippen molar-refractivity contribution in [3.8, 4) is 0 Å². The molecule has 0 spiro atoms. The van der Waals surface area contributed by atoms with E-state index in [4.69, 9.17) is 4.42 Å². The molecular formula is C11H16N6O. The minimum Gasteiger partial charge on any atom is -0.408 e. The average molecular weight is 248 g/mol. The van der Waals surface area contributed by atoms with E-state index in [0.29, 0.717) is 18.5 Å². The standard InChI is InChI=1S/C11H16N6O/c1-2-10-15-16-11(18-10)12-7-9-14-13-8-5-3-4-6-17(8)9/h2-7H2,1H3,(H,12,16). The van der Waals surface area contributed by atoms with E-state index in [1.54, 1.807) is 0 Å². The van der Waals surface area contributed by atoms with Crippen molar-refractivity contribution in [2.45, 2.75) is 45.7 Å². The van der Waals surface area contributed by atoms with E-state index >= 15 is 0 Å². The molecule has 18 heavy (non-hydrogen) atoms. The lowest BCUT2D eigenvalue weighted by Gasteiger charge is -2.14. The summed E-state index contributed by atoms with van der Waals surface area (Å²) in [5, 5.41) is 19.3. The average Bonchev–Trinajstić information content (AvgIpc) is 3.03. The Morgan fingerprint density at radius 2 is 2.17 bits per heavy atom. The van der Waals surface area contributed by atoms with Crippen LogP contribution in [0.1, 0.15) is 37.3 Å². The van der Waals surface area contributed by atoms with Crippen LogP contribution in [0.5, 0.6) is 0 Å². The zero-order valence-electron chi connectivity index (χ0n) is 10.4. The Morgan fingerprint density at radius 3 is 3.00 bits per heavy atom. The highest BCUT2D eigenvalue weighted by molar-refractivity contribution is 5.18. The topological polar surface area (TPSA) is 81.7 Å². The summed E-state index contributed by atoms with van der Waals surface area (Å²) in [6.07, 6.45) is 4.16. The molecule has 2 aromatic heterocycles. The van der Waals surface area contributed by atoms with Crippen LogP contribution in [0.4, 0.5) is 6.01 Å². The van der Waals surface area contributed by atoms with Gasteiger partial charge in [0, 0.05) is 19.4 Å². The normalized spacial score (nSPS) is 14.5. The molecule has 1 N–H and O–H groups in total. The molecular weight excluding hydrogens is 232 g/mol. The van der Waals surface area contributed by atoms with E-state index in [9.17, 15) is 0 Å². The van der Waals surface area contributed by atoms with Crippen molar-refractivity contribution < 1.29 is 4.42 Å². The molecule has 0 radical (unpaired) electrons. The highest BCUT2D eigenvalue weighted by Gasteiger charge is 2.15. The first-order chi connectivity index (χ1) is 8.86. The van der Waals surface area contributed by atoms with Crippen LogP contribution < -0.4 is 5.32 Å². The second kappa shape index (κ2) is 4.75. The number of aryl methyl sites for hydroxylation is 2. The molecule has 0 aromatic carbocycles. The summed E-state index contributed by atoms with van der Waals surface area (Å²) in [5.41, 5.74) is 0. The molecule has 0 saturated carbocycles. The number of aromatic nitrogens is 5.